The molecule has 0 fully saturated rings. The highest BCUT2D eigenvalue weighted by Gasteiger charge is 1.92. The number of rotatable bonds is 2. The van der Waals surface area contributed by atoms with Crippen LogP contribution in [0.5, 0.6) is 0 Å². The Morgan fingerprint density at radius 2 is 2.27 bits per heavy atom. The number of hydrogen-bond donors (Lipinski definition) is 2. The summed E-state index contributed by atoms with van der Waals surface area (Å²) in [6.07, 6.45) is 6.24. The molecule has 64 valence electrons. The largest absolute Gasteiger partial charge is 0.387 e. The normalized spacial score (nSPS) is 14.3. The third-order valence-electron chi connectivity index (χ3n) is 1.28. The summed E-state index contributed by atoms with van der Waals surface area (Å²) in [4.78, 5) is 0. The Morgan fingerprint density at radius 3 is 2.73 bits per heavy atom. The smallest absolute Gasteiger partial charge is 0.0331 e. The lowest BCUT2D eigenvalue weighted by atomic mass is 10.2. The first-order chi connectivity index (χ1) is 5.43. The Morgan fingerprint density at radius 1 is 1.55 bits per heavy atom. The van der Waals surface area contributed by atoms with Crippen LogP contribution in [0.2, 0.25) is 0 Å². The number of hydrogen-bond acceptors (Lipinski definition) is 2. The highest BCUT2D eigenvalue weighted by Crippen LogP contribution is 1.96. The van der Waals surface area contributed by atoms with Gasteiger partial charge in [0, 0.05) is 13.1 Å². The van der Waals surface area contributed by atoms with Crippen LogP contribution in [-0.2, 0) is 0 Å². The van der Waals surface area contributed by atoms with Crippen LogP contribution in [0.4, 0.5) is 0 Å². The lowest BCUT2D eigenvalue weighted by Gasteiger charge is -2.06. The van der Waals surface area contributed by atoms with Crippen molar-refractivity contribution in [3.63, 3.8) is 0 Å². The van der Waals surface area contributed by atoms with Gasteiger partial charge in [0.25, 0.3) is 0 Å². The lowest BCUT2D eigenvalue weighted by molar-refractivity contribution is 0.866. The third-order valence-corrected chi connectivity index (χ3v) is 1.28. The summed E-state index contributed by atoms with van der Waals surface area (Å²) in [5, 5.41) is 6.18. The van der Waals surface area contributed by atoms with Crippen molar-refractivity contribution in [1.82, 2.24) is 10.6 Å². The van der Waals surface area contributed by atoms with E-state index in [9.17, 15) is 0 Å². The van der Waals surface area contributed by atoms with Crippen LogP contribution < -0.4 is 10.6 Å². The van der Waals surface area contributed by atoms with Gasteiger partial charge in [-0.3, -0.25) is 0 Å². The minimum Gasteiger partial charge on any atom is -0.387 e. The van der Waals surface area contributed by atoms with Gasteiger partial charge in [0.05, 0.1) is 0 Å². The first kappa shape index (κ1) is 10.2. The Balaban J connectivity index is 0.000000461. The molecule has 11 heavy (non-hydrogen) atoms. The number of dihydropyridines is 1. The van der Waals surface area contributed by atoms with E-state index in [0.717, 1.165) is 13.1 Å². The van der Waals surface area contributed by atoms with E-state index in [1.54, 1.807) is 0 Å². The minimum atomic E-state index is 0.966. The van der Waals surface area contributed by atoms with Gasteiger partial charge < -0.3 is 10.6 Å². The molecule has 2 N–H and O–H groups in total. The molecule has 0 saturated carbocycles. The molecule has 0 saturated heterocycles. The van der Waals surface area contributed by atoms with Crippen molar-refractivity contribution in [2.75, 3.05) is 20.1 Å². The molecule has 0 spiro atoms. The van der Waals surface area contributed by atoms with Crippen molar-refractivity contribution in [2.45, 2.75) is 13.8 Å². The molecule has 1 heterocycles. The molecule has 1 rings (SSSR count). The molecule has 2 nitrogen and oxygen atoms in total. The zero-order chi connectivity index (χ0) is 8.53. The van der Waals surface area contributed by atoms with Gasteiger partial charge in [0.1, 0.15) is 0 Å². The molecule has 0 amide bonds. The average Bonchev–Trinajstić information content (AvgIpc) is 2.11. The fraction of sp³-hybridized carbons (Fsp3) is 0.556. The molecule has 0 atom stereocenters. The van der Waals surface area contributed by atoms with Crippen molar-refractivity contribution in [3.8, 4) is 0 Å². The second-order valence-corrected chi connectivity index (χ2v) is 2.05. The van der Waals surface area contributed by atoms with Crippen LogP contribution in [0.1, 0.15) is 13.8 Å². The first-order valence-corrected chi connectivity index (χ1v) is 4.17. The summed E-state index contributed by atoms with van der Waals surface area (Å²) in [5.41, 5.74) is 1.36. The van der Waals surface area contributed by atoms with Crippen molar-refractivity contribution in [1.29, 1.82) is 0 Å². The molecular weight excluding hydrogens is 136 g/mol. The minimum absolute atomic E-state index is 0.966. The topological polar surface area (TPSA) is 24.1 Å². The summed E-state index contributed by atoms with van der Waals surface area (Å²) in [5.74, 6) is 0. The standard InChI is InChI=1S/C7H12N2.C2H6/c1-8-6-7-2-4-9-5-3-7;1-2/h2-4,8-9H,5-6H2,1H3;1-2H3. The predicted octanol–water partition coefficient (Wildman–Crippen LogP) is 1.28. The second-order valence-electron chi connectivity index (χ2n) is 2.05. The van der Waals surface area contributed by atoms with Crippen molar-refractivity contribution in [2.24, 2.45) is 0 Å². The van der Waals surface area contributed by atoms with Crippen LogP contribution in [0.25, 0.3) is 0 Å². The van der Waals surface area contributed by atoms with Gasteiger partial charge in [0.15, 0.2) is 0 Å². The van der Waals surface area contributed by atoms with Crippen LogP contribution in [0.3, 0.4) is 0 Å². The van der Waals surface area contributed by atoms with E-state index in [0.29, 0.717) is 0 Å². The molecule has 0 aromatic heterocycles. The SMILES string of the molecule is CC.CNCC1=CCNC=C1. The van der Waals surface area contributed by atoms with E-state index in [2.05, 4.69) is 22.8 Å². The van der Waals surface area contributed by atoms with E-state index >= 15 is 0 Å². The van der Waals surface area contributed by atoms with E-state index in [-0.39, 0.29) is 0 Å². The highest BCUT2D eigenvalue weighted by molar-refractivity contribution is 5.23. The summed E-state index contributed by atoms with van der Waals surface area (Å²) >= 11 is 0. The second kappa shape index (κ2) is 7.35. The average molecular weight is 154 g/mol. The molecule has 0 bridgehead atoms. The third kappa shape index (κ3) is 4.62. The summed E-state index contributed by atoms with van der Waals surface area (Å²) < 4.78 is 0. The Kier molecular flexibility index (Phi) is 6.84. The van der Waals surface area contributed by atoms with Gasteiger partial charge in [-0.05, 0) is 24.9 Å². The fourth-order valence-electron chi connectivity index (χ4n) is 0.827. The van der Waals surface area contributed by atoms with E-state index in [4.69, 9.17) is 0 Å². The highest BCUT2D eigenvalue weighted by atomic mass is 14.8. The van der Waals surface area contributed by atoms with E-state index in [1.807, 2.05) is 27.1 Å². The van der Waals surface area contributed by atoms with Crippen molar-refractivity contribution < 1.29 is 0 Å². The number of nitrogens with one attached hydrogen (secondary N) is 2. The first-order valence-electron chi connectivity index (χ1n) is 4.17. The molecular formula is C9H18N2. The maximum Gasteiger partial charge on any atom is 0.0331 e. The molecule has 1 aliphatic heterocycles. The number of likely N-dealkylation sites (N-methyl/N-ethyl adjacent to an activating group) is 1. The quantitative estimate of drug-likeness (QED) is 0.626. The van der Waals surface area contributed by atoms with E-state index < -0.39 is 0 Å². The fourth-order valence-corrected chi connectivity index (χ4v) is 0.827. The van der Waals surface area contributed by atoms with Gasteiger partial charge in [-0.15, -0.1) is 0 Å². The summed E-state index contributed by atoms with van der Waals surface area (Å²) in [6, 6.07) is 0. The van der Waals surface area contributed by atoms with Crippen LogP contribution >= 0.6 is 0 Å². The zero-order valence-corrected chi connectivity index (χ0v) is 7.65. The molecule has 1 aliphatic rings. The summed E-state index contributed by atoms with van der Waals surface area (Å²) in [7, 11) is 1.96. The van der Waals surface area contributed by atoms with Gasteiger partial charge in [-0.25, -0.2) is 0 Å². The molecule has 0 radical (unpaired) electrons. The molecule has 0 aromatic rings. The Hall–Kier alpha value is -0.760. The monoisotopic (exact) mass is 154 g/mol. The van der Waals surface area contributed by atoms with Crippen molar-refractivity contribution in [3.05, 3.63) is 23.9 Å². The molecule has 0 unspecified atom stereocenters. The van der Waals surface area contributed by atoms with Gasteiger partial charge in [0.2, 0.25) is 0 Å². The van der Waals surface area contributed by atoms with Gasteiger partial charge in [-0.1, -0.05) is 19.9 Å². The Bertz CT molecular complexity index is 136. The van der Waals surface area contributed by atoms with Gasteiger partial charge >= 0.3 is 0 Å². The maximum absolute atomic E-state index is 3.09. The summed E-state index contributed by atoms with van der Waals surface area (Å²) in [6.45, 7) is 5.94. The van der Waals surface area contributed by atoms with Crippen LogP contribution in [0, 0.1) is 0 Å². The van der Waals surface area contributed by atoms with Crippen LogP contribution in [-0.4, -0.2) is 20.1 Å². The maximum atomic E-state index is 3.09. The molecule has 0 aromatic carbocycles. The van der Waals surface area contributed by atoms with Gasteiger partial charge in [-0.2, -0.15) is 0 Å². The molecule has 0 aliphatic carbocycles. The molecule has 2 heteroatoms. The zero-order valence-electron chi connectivity index (χ0n) is 7.65. The van der Waals surface area contributed by atoms with Crippen LogP contribution in [0.15, 0.2) is 23.9 Å². The predicted molar refractivity (Wildman–Crippen MR) is 50.5 cm³/mol. The lowest BCUT2D eigenvalue weighted by Crippen LogP contribution is -2.15. The van der Waals surface area contributed by atoms with E-state index in [1.165, 1.54) is 5.57 Å². The van der Waals surface area contributed by atoms with Crippen molar-refractivity contribution >= 4 is 0 Å². The Labute approximate surface area is 69.4 Å².